The molecule has 0 spiro atoms. The zero-order chi connectivity index (χ0) is 21.9. The quantitative estimate of drug-likeness (QED) is 0.378. The van der Waals surface area contributed by atoms with E-state index >= 15 is 0 Å². The summed E-state index contributed by atoms with van der Waals surface area (Å²) in [5.41, 5.74) is 0.594. The van der Waals surface area contributed by atoms with E-state index in [1.165, 1.54) is 25.1 Å². The number of anilines is 1. The SMILES string of the molecule is CCCSc1ncc(Cl)c(C(=O)N[C@H](CCSC)C(=O)Nc2ccccc2OC)n1. The summed E-state index contributed by atoms with van der Waals surface area (Å²) in [5, 5.41) is 6.20. The van der Waals surface area contributed by atoms with Gasteiger partial charge in [-0.25, -0.2) is 9.97 Å². The Morgan fingerprint density at radius 1 is 1.27 bits per heavy atom. The molecular formula is C20H25ClN4O3S2. The molecule has 0 saturated carbocycles. The fourth-order valence-electron chi connectivity index (χ4n) is 2.47. The number of methoxy groups -OCH3 is 1. The van der Waals surface area contributed by atoms with E-state index in [4.69, 9.17) is 16.3 Å². The standard InChI is InChI=1S/C20H25ClN4O3S2/c1-4-10-30-20-22-12-13(21)17(25-20)19(27)24-15(9-11-29-3)18(26)23-14-7-5-6-8-16(14)28-2/h5-8,12,15H,4,9-11H2,1-3H3,(H,23,26)(H,24,27)/t15-/m1/s1. The first-order valence-electron chi connectivity index (χ1n) is 9.39. The molecule has 2 N–H and O–H groups in total. The number of aromatic nitrogens is 2. The molecule has 1 aromatic carbocycles. The Kier molecular flexibility index (Phi) is 10.3. The Balaban J connectivity index is 2.17. The maximum absolute atomic E-state index is 12.9. The van der Waals surface area contributed by atoms with Gasteiger partial charge in [0.15, 0.2) is 10.9 Å². The van der Waals surface area contributed by atoms with E-state index in [0.29, 0.717) is 28.8 Å². The van der Waals surface area contributed by atoms with E-state index in [-0.39, 0.29) is 16.6 Å². The Morgan fingerprint density at radius 3 is 2.73 bits per heavy atom. The van der Waals surface area contributed by atoms with Gasteiger partial charge in [-0.1, -0.05) is 42.4 Å². The van der Waals surface area contributed by atoms with E-state index in [9.17, 15) is 9.59 Å². The highest BCUT2D eigenvalue weighted by Crippen LogP contribution is 2.24. The van der Waals surface area contributed by atoms with Crippen LogP contribution in [0.1, 0.15) is 30.3 Å². The molecule has 30 heavy (non-hydrogen) atoms. The summed E-state index contributed by atoms with van der Waals surface area (Å²) in [6, 6.07) is 6.34. The van der Waals surface area contributed by atoms with Gasteiger partial charge in [0, 0.05) is 5.75 Å². The molecule has 0 saturated heterocycles. The molecule has 1 heterocycles. The van der Waals surface area contributed by atoms with Crippen molar-refractivity contribution < 1.29 is 14.3 Å². The number of halogens is 1. The number of hydrogen-bond acceptors (Lipinski definition) is 7. The van der Waals surface area contributed by atoms with Gasteiger partial charge in [-0.05, 0) is 37.0 Å². The highest BCUT2D eigenvalue weighted by molar-refractivity contribution is 7.99. The maximum Gasteiger partial charge on any atom is 0.272 e. The molecule has 7 nitrogen and oxygen atoms in total. The molecule has 0 radical (unpaired) electrons. The topological polar surface area (TPSA) is 93.2 Å². The normalized spacial score (nSPS) is 11.6. The molecular weight excluding hydrogens is 444 g/mol. The van der Waals surface area contributed by atoms with Crippen molar-refractivity contribution in [1.82, 2.24) is 15.3 Å². The van der Waals surface area contributed by atoms with Crippen LogP contribution in [0.25, 0.3) is 0 Å². The van der Waals surface area contributed by atoms with Crippen molar-refractivity contribution in [2.75, 3.05) is 30.2 Å². The number of nitrogens with zero attached hydrogens (tertiary/aromatic N) is 2. The van der Waals surface area contributed by atoms with Crippen LogP contribution >= 0.6 is 35.1 Å². The smallest absolute Gasteiger partial charge is 0.272 e. The average Bonchev–Trinajstić information content (AvgIpc) is 2.76. The van der Waals surface area contributed by atoms with Gasteiger partial charge >= 0.3 is 0 Å². The largest absolute Gasteiger partial charge is 0.495 e. The Hall–Kier alpha value is -1.97. The summed E-state index contributed by atoms with van der Waals surface area (Å²) >= 11 is 9.18. The minimum atomic E-state index is -0.757. The number of carbonyl (C=O) groups is 2. The van der Waals surface area contributed by atoms with Crippen molar-refractivity contribution in [3.63, 3.8) is 0 Å². The zero-order valence-corrected chi connectivity index (χ0v) is 19.5. The van der Waals surface area contributed by atoms with Crippen LogP contribution in [-0.4, -0.2) is 52.7 Å². The van der Waals surface area contributed by atoms with Crippen LogP contribution in [0.4, 0.5) is 5.69 Å². The second kappa shape index (κ2) is 12.7. The minimum Gasteiger partial charge on any atom is -0.495 e. The van der Waals surface area contributed by atoms with Gasteiger partial charge in [0.05, 0.1) is 24.0 Å². The molecule has 1 aromatic heterocycles. The van der Waals surface area contributed by atoms with Crippen LogP contribution in [-0.2, 0) is 4.79 Å². The number of thioether (sulfide) groups is 2. The van der Waals surface area contributed by atoms with E-state index in [1.807, 2.05) is 19.2 Å². The highest BCUT2D eigenvalue weighted by Gasteiger charge is 2.24. The predicted molar refractivity (Wildman–Crippen MR) is 124 cm³/mol. The van der Waals surface area contributed by atoms with Gasteiger partial charge in [-0.15, -0.1) is 0 Å². The van der Waals surface area contributed by atoms with Gasteiger partial charge in [0.2, 0.25) is 5.91 Å². The van der Waals surface area contributed by atoms with Crippen molar-refractivity contribution in [2.45, 2.75) is 31.0 Å². The van der Waals surface area contributed by atoms with Crippen molar-refractivity contribution in [3.05, 3.63) is 41.2 Å². The Bertz CT molecular complexity index is 870. The lowest BCUT2D eigenvalue weighted by molar-refractivity contribution is -0.118. The predicted octanol–water partition coefficient (Wildman–Crippen LogP) is 4.13. The lowest BCUT2D eigenvalue weighted by Gasteiger charge is -2.19. The van der Waals surface area contributed by atoms with E-state index in [1.54, 1.807) is 30.0 Å². The summed E-state index contributed by atoms with van der Waals surface area (Å²) < 4.78 is 5.28. The molecule has 0 fully saturated rings. The van der Waals surface area contributed by atoms with Gasteiger partial charge in [0.25, 0.3) is 5.91 Å². The molecule has 0 aliphatic heterocycles. The third-order valence-electron chi connectivity index (χ3n) is 3.97. The van der Waals surface area contributed by atoms with Gasteiger partial charge in [-0.3, -0.25) is 9.59 Å². The number of ether oxygens (including phenoxy) is 1. The molecule has 0 bridgehead atoms. The molecule has 162 valence electrons. The number of hydrogen-bond donors (Lipinski definition) is 2. The molecule has 0 unspecified atom stereocenters. The van der Waals surface area contributed by atoms with E-state index in [0.717, 1.165) is 12.2 Å². The van der Waals surface area contributed by atoms with Gasteiger partial charge < -0.3 is 15.4 Å². The average molecular weight is 469 g/mol. The molecule has 0 aliphatic carbocycles. The van der Waals surface area contributed by atoms with Crippen molar-refractivity contribution in [1.29, 1.82) is 0 Å². The van der Waals surface area contributed by atoms with E-state index < -0.39 is 11.9 Å². The zero-order valence-electron chi connectivity index (χ0n) is 17.1. The first-order chi connectivity index (χ1) is 14.5. The second-order valence-electron chi connectivity index (χ2n) is 6.19. The van der Waals surface area contributed by atoms with Crippen LogP contribution in [0.5, 0.6) is 5.75 Å². The summed E-state index contributed by atoms with van der Waals surface area (Å²) in [7, 11) is 1.53. The first-order valence-corrected chi connectivity index (χ1v) is 12.1. The van der Waals surface area contributed by atoms with Crippen molar-refractivity contribution >= 4 is 52.6 Å². The number of benzene rings is 1. The van der Waals surface area contributed by atoms with Crippen LogP contribution in [0.15, 0.2) is 35.6 Å². The fraction of sp³-hybridized carbons (Fsp3) is 0.400. The lowest BCUT2D eigenvalue weighted by atomic mass is 10.2. The van der Waals surface area contributed by atoms with Crippen LogP contribution in [0.2, 0.25) is 5.02 Å². The maximum atomic E-state index is 12.9. The second-order valence-corrected chi connectivity index (χ2v) is 8.65. The lowest BCUT2D eigenvalue weighted by Crippen LogP contribution is -2.44. The summed E-state index contributed by atoms with van der Waals surface area (Å²) in [6.45, 7) is 2.05. The number of rotatable bonds is 11. The number of amides is 2. The summed E-state index contributed by atoms with van der Waals surface area (Å²) in [6.07, 6.45) is 4.76. The third-order valence-corrected chi connectivity index (χ3v) is 5.96. The van der Waals surface area contributed by atoms with Crippen LogP contribution in [0, 0.1) is 0 Å². The highest BCUT2D eigenvalue weighted by atomic mass is 35.5. The molecule has 2 aromatic rings. The van der Waals surface area contributed by atoms with Gasteiger partial charge in [0.1, 0.15) is 11.8 Å². The third kappa shape index (κ3) is 7.07. The molecule has 1 atom stereocenters. The monoisotopic (exact) mass is 468 g/mol. The Morgan fingerprint density at radius 2 is 2.03 bits per heavy atom. The number of para-hydroxylation sites is 2. The van der Waals surface area contributed by atoms with Crippen LogP contribution in [0.3, 0.4) is 0 Å². The van der Waals surface area contributed by atoms with E-state index in [2.05, 4.69) is 20.6 Å². The number of nitrogens with one attached hydrogen (secondary N) is 2. The van der Waals surface area contributed by atoms with Gasteiger partial charge in [-0.2, -0.15) is 11.8 Å². The summed E-state index contributed by atoms with van der Waals surface area (Å²) in [5.74, 6) is 1.21. The molecule has 0 aliphatic rings. The first kappa shape index (κ1) is 24.3. The molecule has 2 amide bonds. The van der Waals surface area contributed by atoms with Crippen molar-refractivity contribution in [2.24, 2.45) is 0 Å². The van der Waals surface area contributed by atoms with Crippen molar-refractivity contribution in [3.8, 4) is 5.75 Å². The fourth-order valence-corrected chi connectivity index (χ4v) is 3.79. The summed E-state index contributed by atoms with van der Waals surface area (Å²) in [4.78, 5) is 34.1. The molecule has 2 rings (SSSR count). The number of carbonyl (C=O) groups excluding carboxylic acids is 2. The van der Waals surface area contributed by atoms with Crippen LogP contribution < -0.4 is 15.4 Å². The molecule has 10 heteroatoms. The minimum absolute atomic E-state index is 0.0597. The Labute approximate surface area is 190 Å².